The molecule has 2 N–H and O–H groups in total. The van der Waals surface area contributed by atoms with Crippen LogP contribution in [0.1, 0.15) is 11.3 Å². The van der Waals surface area contributed by atoms with Crippen LogP contribution in [0.4, 0.5) is 5.69 Å². The van der Waals surface area contributed by atoms with Crippen LogP contribution in [-0.4, -0.2) is 4.98 Å². The summed E-state index contributed by atoms with van der Waals surface area (Å²) in [7, 11) is 0. The molecule has 0 amide bonds. The molecular weight excluding hydrogens is 204 g/mol. The second kappa shape index (κ2) is 3.35. The number of aromatic nitrogens is 1. The van der Waals surface area contributed by atoms with Gasteiger partial charge in [0.25, 0.3) is 0 Å². The van der Waals surface area contributed by atoms with Crippen LogP contribution in [0.25, 0.3) is 0 Å². The molecule has 0 aliphatic carbocycles. The molecule has 3 heteroatoms. The fourth-order valence-electron chi connectivity index (χ4n) is 1.85. The van der Waals surface area contributed by atoms with E-state index in [1.54, 1.807) is 0 Å². The van der Waals surface area contributed by atoms with Gasteiger partial charge in [0, 0.05) is 39.5 Å². The summed E-state index contributed by atoms with van der Waals surface area (Å²) in [6.45, 7) is 3.03. The Bertz CT molecular complexity index is 502. The molecule has 2 heterocycles. The van der Waals surface area contributed by atoms with Gasteiger partial charge in [-0.05, 0) is 19.1 Å². The summed E-state index contributed by atoms with van der Waals surface area (Å²) in [6, 6.07) is 8.44. The standard InChI is InChI=1S/C12H12N2S/c1-8-9-6-14-10-4-2-3-5-11(10)15-12(9)7-13-8/h2-5,7,13-14H,6H2,1H3. The average Bonchev–Trinajstić information content (AvgIpc) is 2.51. The lowest BCUT2D eigenvalue weighted by molar-refractivity contribution is 1.08. The van der Waals surface area contributed by atoms with Crippen molar-refractivity contribution in [3.8, 4) is 0 Å². The number of anilines is 1. The van der Waals surface area contributed by atoms with Gasteiger partial charge >= 0.3 is 0 Å². The van der Waals surface area contributed by atoms with Gasteiger partial charge in [0.1, 0.15) is 0 Å². The highest BCUT2D eigenvalue weighted by molar-refractivity contribution is 7.99. The Balaban J connectivity index is 2.10. The van der Waals surface area contributed by atoms with Gasteiger partial charge in [-0.25, -0.2) is 0 Å². The zero-order valence-electron chi connectivity index (χ0n) is 8.50. The van der Waals surface area contributed by atoms with Crippen LogP contribution >= 0.6 is 11.8 Å². The van der Waals surface area contributed by atoms with Gasteiger partial charge in [0.2, 0.25) is 0 Å². The normalized spacial score (nSPS) is 13.7. The maximum absolute atomic E-state index is 3.47. The van der Waals surface area contributed by atoms with E-state index in [9.17, 15) is 0 Å². The molecule has 1 aromatic heterocycles. The largest absolute Gasteiger partial charge is 0.380 e. The first-order valence-corrected chi connectivity index (χ1v) is 5.84. The Morgan fingerprint density at radius 3 is 3.00 bits per heavy atom. The predicted octanol–water partition coefficient (Wildman–Crippen LogP) is 3.40. The zero-order chi connectivity index (χ0) is 10.3. The number of aryl methyl sites for hydroxylation is 1. The molecule has 0 unspecified atom stereocenters. The molecule has 0 radical (unpaired) electrons. The van der Waals surface area contributed by atoms with Crippen molar-refractivity contribution < 1.29 is 0 Å². The number of rotatable bonds is 0. The molecule has 0 saturated carbocycles. The average molecular weight is 216 g/mol. The number of aromatic amines is 1. The molecule has 0 saturated heterocycles. The Labute approximate surface area is 93.1 Å². The third kappa shape index (κ3) is 1.43. The first-order valence-electron chi connectivity index (χ1n) is 5.02. The molecule has 1 aliphatic heterocycles. The fourth-order valence-corrected chi connectivity index (χ4v) is 2.95. The maximum atomic E-state index is 3.47. The highest BCUT2D eigenvalue weighted by Gasteiger charge is 2.15. The zero-order valence-corrected chi connectivity index (χ0v) is 9.32. The minimum atomic E-state index is 0.911. The smallest absolute Gasteiger partial charge is 0.0484 e. The van der Waals surface area contributed by atoms with Crippen LogP contribution in [0.5, 0.6) is 0 Å². The van der Waals surface area contributed by atoms with Crippen molar-refractivity contribution >= 4 is 17.4 Å². The van der Waals surface area contributed by atoms with Crippen molar-refractivity contribution in [3.63, 3.8) is 0 Å². The number of para-hydroxylation sites is 1. The second-order valence-corrected chi connectivity index (χ2v) is 4.79. The van der Waals surface area contributed by atoms with Crippen LogP contribution < -0.4 is 5.32 Å². The van der Waals surface area contributed by atoms with Gasteiger partial charge in [0.05, 0.1) is 0 Å². The molecule has 76 valence electrons. The molecule has 2 aromatic rings. The highest BCUT2D eigenvalue weighted by Crippen LogP contribution is 2.39. The first kappa shape index (κ1) is 8.92. The van der Waals surface area contributed by atoms with E-state index in [1.165, 1.54) is 26.7 Å². The highest BCUT2D eigenvalue weighted by atomic mass is 32.2. The molecule has 0 bridgehead atoms. The van der Waals surface area contributed by atoms with E-state index in [0.717, 1.165) is 6.54 Å². The van der Waals surface area contributed by atoms with Crippen LogP contribution in [0.2, 0.25) is 0 Å². The summed E-state index contributed by atoms with van der Waals surface area (Å²) in [5.41, 5.74) is 3.88. The van der Waals surface area contributed by atoms with Gasteiger partial charge in [-0.3, -0.25) is 0 Å². The summed E-state index contributed by atoms with van der Waals surface area (Å²) in [6.07, 6.45) is 2.10. The molecule has 2 nitrogen and oxygen atoms in total. The minimum Gasteiger partial charge on any atom is -0.380 e. The van der Waals surface area contributed by atoms with Crippen LogP contribution in [0.3, 0.4) is 0 Å². The number of nitrogens with one attached hydrogen (secondary N) is 2. The third-order valence-corrected chi connectivity index (χ3v) is 3.89. The molecule has 15 heavy (non-hydrogen) atoms. The lowest BCUT2D eigenvalue weighted by atomic mass is 10.2. The first-order chi connectivity index (χ1) is 7.34. The Morgan fingerprint density at radius 1 is 1.20 bits per heavy atom. The van der Waals surface area contributed by atoms with E-state index < -0.39 is 0 Å². The van der Waals surface area contributed by atoms with E-state index >= 15 is 0 Å². The number of benzene rings is 1. The number of fused-ring (bicyclic) bond motifs is 2. The van der Waals surface area contributed by atoms with Gasteiger partial charge in [-0.15, -0.1) is 0 Å². The van der Waals surface area contributed by atoms with Crippen molar-refractivity contribution in [1.82, 2.24) is 4.98 Å². The lowest BCUT2D eigenvalue weighted by Gasteiger charge is -2.05. The van der Waals surface area contributed by atoms with Crippen molar-refractivity contribution in [2.24, 2.45) is 0 Å². The van der Waals surface area contributed by atoms with Crippen molar-refractivity contribution in [1.29, 1.82) is 0 Å². The van der Waals surface area contributed by atoms with Gasteiger partial charge in [-0.2, -0.15) is 0 Å². The summed E-state index contributed by atoms with van der Waals surface area (Å²) in [5.74, 6) is 0. The fraction of sp³-hybridized carbons (Fsp3) is 0.167. The monoisotopic (exact) mass is 216 g/mol. The van der Waals surface area contributed by atoms with E-state index in [1.807, 2.05) is 11.8 Å². The van der Waals surface area contributed by atoms with Crippen LogP contribution in [0, 0.1) is 6.92 Å². The Hall–Kier alpha value is -1.35. The molecule has 0 atom stereocenters. The molecule has 1 aromatic carbocycles. The SMILES string of the molecule is Cc1[nH]cc2c1CNc1ccccc1S2. The summed E-state index contributed by atoms with van der Waals surface area (Å²) < 4.78 is 0. The third-order valence-electron chi connectivity index (χ3n) is 2.73. The van der Waals surface area contributed by atoms with E-state index in [-0.39, 0.29) is 0 Å². The molecule has 1 aliphatic rings. The van der Waals surface area contributed by atoms with Crippen molar-refractivity contribution in [2.45, 2.75) is 23.3 Å². The maximum Gasteiger partial charge on any atom is 0.0484 e. The second-order valence-electron chi connectivity index (χ2n) is 3.71. The number of hydrogen-bond acceptors (Lipinski definition) is 2. The molecular formula is C12H12N2S. The molecule has 3 rings (SSSR count). The van der Waals surface area contributed by atoms with Crippen LogP contribution in [-0.2, 0) is 6.54 Å². The van der Waals surface area contributed by atoms with E-state index in [4.69, 9.17) is 0 Å². The van der Waals surface area contributed by atoms with E-state index in [0.29, 0.717) is 0 Å². The van der Waals surface area contributed by atoms with Gasteiger partial charge in [-0.1, -0.05) is 23.9 Å². The van der Waals surface area contributed by atoms with Gasteiger partial charge in [0.15, 0.2) is 0 Å². The van der Waals surface area contributed by atoms with E-state index in [2.05, 4.69) is 47.7 Å². The Morgan fingerprint density at radius 2 is 2.07 bits per heavy atom. The quantitative estimate of drug-likeness (QED) is 0.706. The Kier molecular flexibility index (Phi) is 1.99. The summed E-state index contributed by atoms with van der Waals surface area (Å²) in [5, 5.41) is 3.47. The summed E-state index contributed by atoms with van der Waals surface area (Å²) >= 11 is 1.83. The number of hydrogen-bond donors (Lipinski definition) is 2. The summed E-state index contributed by atoms with van der Waals surface area (Å²) in [4.78, 5) is 5.92. The number of H-pyrrole nitrogens is 1. The van der Waals surface area contributed by atoms with Crippen molar-refractivity contribution in [2.75, 3.05) is 5.32 Å². The lowest BCUT2D eigenvalue weighted by Crippen LogP contribution is -1.98. The van der Waals surface area contributed by atoms with Crippen molar-refractivity contribution in [3.05, 3.63) is 41.7 Å². The molecule has 0 spiro atoms. The molecule has 0 fully saturated rings. The van der Waals surface area contributed by atoms with Crippen LogP contribution in [0.15, 0.2) is 40.3 Å². The topological polar surface area (TPSA) is 27.8 Å². The van der Waals surface area contributed by atoms with Gasteiger partial charge < -0.3 is 10.3 Å². The minimum absolute atomic E-state index is 0.911. The predicted molar refractivity (Wildman–Crippen MR) is 63.4 cm³/mol.